The molecule has 0 spiro atoms. The van der Waals surface area contributed by atoms with Crippen LogP contribution in [-0.4, -0.2) is 37.7 Å². The molecule has 1 heterocycles. The first-order valence-corrected chi connectivity index (χ1v) is 10.6. The lowest BCUT2D eigenvalue weighted by atomic mass is 10.0. The number of aliphatic hydroxyl groups excluding tert-OH is 1. The second-order valence-electron chi connectivity index (χ2n) is 7.52. The van der Waals surface area contributed by atoms with Gasteiger partial charge in [0, 0.05) is 18.9 Å². The topological polar surface area (TPSA) is 55.8 Å². The van der Waals surface area contributed by atoms with E-state index >= 15 is 0 Å². The Hall–Kier alpha value is -0.653. The molecule has 0 aliphatic carbocycles. The predicted molar refractivity (Wildman–Crippen MR) is 86.6 cm³/mol. The molecule has 0 fully saturated rings. The Bertz CT molecular complexity index is 382. The van der Waals surface area contributed by atoms with Crippen LogP contribution in [0.4, 0.5) is 0 Å². The highest BCUT2D eigenvalue weighted by Crippen LogP contribution is 2.38. The van der Waals surface area contributed by atoms with E-state index in [2.05, 4.69) is 33.9 Å². The molecule has 1 aliphatic heterocycles. The van der Waals surface area contributed by atoms with Crippen LogP contribution in [0.25, 0.3) is 0 Å². The number of carbonyl (C=O) groups excluding carboxylic acids is 1. The summed E-state index contributed by atoms with van der Waals surface area (Å²) in [6.07, 6.45) is 4.62. The van der Waals surface area contributed by atoms with Gasteiger partial charge in [-0.15, -0.1) is 0 Å². The first-order chi connectivity index (χ1) is 9.51. The van der Waals surface area contributed by atoms with Gasteiger partial charge in [0.1, 0.15) is 6.10 Å². The van der Waals surface area contributed by atoms with Gasteiger partial charge in [-0.3, -0.25) is 0 Å². The highest BCUT2D eigenvalue weighted by Gasteiger charge is 2.40. The van der Waals surface area contributed by atoms with E-state index < -0.39 is 14.4 Å². The van der Waals surface area contributed by atoms with Gasteiger partial charge in [-0.25, -0.2) is 4.79 Å². The Kier molecular flexibility index (Phi) is 6.19. The van der Waals surface area contributed by atoms with Crippen molar-refractivity contribution in [1.82, 2.24) is 0 Å². The Morgan fingerprint density at radius 3 is 2.57 bits per heavy atom. The number of hydrogen-bond acceptors (Lipinski definition) is 4. The molecule has 4 nitrogen and oxygen atoms in total. The van der Waals surface area contributed by atoms with Gasteiger partial charge in [-0.1, -0.05) is 26.8 Å². The molecular formula is C16H30O4Si. The molecule has 0 aromatic heterocycles. The van der Waals surface area contributed by atoms with Gasteiger partial charge < -0.3 is 14.3 Å². The van der Waals surface area contributed by atoms with Crippen molar-refractivity contribution in [1.29, 1.82) is 0 Å². The summed E-state index contributed by atoms with van der Waals surface area (Å²) >= 11 is 0. The maximum absolute atomic E-state index is 11.3. The summed E-state index contributed by atoms with van der Waals surface area (Å²) in [6.45, 7) is 12.8. The minimum absolute atomic E-state index is 0.0739. The standard InChI is InChI=1S/C16H30O4Si/c1-12(17)10-14(20-21(5,6)16(2,3)4)11-13-8-7-9-15(18)19-13/h7,9,12-14,17H,8,10-11H2,1-6H3/t12-,13-,14+/m0/s1. The van der Waals surface area contributed by atoms with Crippen LogP contribution in [0.2, 0.25) is 18.1 Å². The lowest BCUT2D eigenvalue weighted by Gasteiger charge is -2.40. The zero-order valence-corrected chi connectivity index (χ0v) is 15.2. The first kappa shape index (κ1) is 18.4. The van der Waals surface area contributed by atoms with Crippen molar-refractivity contribution in [2.45, 2.75) is 83.4 Å². The molecule has 0 bridgehead atoms. The summed E-state index contributed by atoms with van der Waals surface area (Å²) in [6, 6.07) is 0. The summed E-state index contributed by atoms with van der Waals surface area (Å²) in [5, 5.41) is 9.84. The lowest BCUT2D eigenvalue weighted by Crippen LogP contribution is -2.45. The van der Waals surface area contributed by atoms with Gasteiger partial charge in [-0.2, -0.15) is 0 Å². The van der Waals surface area contributed by atoms with Gasteiger partial charge >= 0.3 is 5.97 Å². The monoisotopic (exact) mass is 314 g/mol. The fourth-order valence-electron chi connectivity index (χ4n) is 2.17. The van der Waals surface area contributed by atoms with E-state index in [0.717, 1.165) is 6.42 Å². The number of esters is 1. The molecule has 0 saturated heterocycles. The largest absolute Gasteiger partial charge is 0.459 e. The van der Waals surface area contributed by atoms with Gasteiger partial charge in [-0.05, 0) is 31.5 Å². The fraction of sp³-hybridized carbons (Fsp3) is 0.812. The number of hydrogen-bond donors (Lipinski definition) is 1. The molecule has 0 aromatic rings. The first-order valence-electron chi connectivity index (χ1n) is 7.74. The molecule has 1 N–H and O–H groups in total. The van der Waals surface area contributed by atoms with Crippen LogP contribution in [-0.2, 0) is 14.0 Å². The third-order valence-corrected chi connectivity index (χ3v) is 8.87. The molecule has 122 valence electrons. The molecular weight excluding hydrogens is 284 g/mol. The molecule has 1 aliphatic rings. The summed E-state index contributed by atoms with van der Waals surface area (Å²) in [4.78, 5) is 11.3. The van der Waals surface area contributed by atoms with Crippen molar-refractivity contribution in [3.8, 4) is 0 Å². The SMILES string of the molecule is C[C@H](O)C[C@H](C[C@@H]1CC=CC(=O)O1)O[Si](C)(C)C(C)(C)C. The normalized spacial score (nSPS) is 22.8. The van der Waals surface area contributed by atoms with Crippen LogP contribution >= 0.6 is 0 Å². The molecule has 0 radical (unpaired) electrons. The van der Waals surface area contributed by atoms with Crippen LogP contribution in [0, 0.1) is 0 Å². The smallest absolute Gasteiger partial charge is 0.330 e. The van der Waals surface area contributed by atoms with E-state index in [1.807, 2.05) is 6.08 Å². The van der Waals surface area contributed by atoms with E-state index in [-0.39, 0.29) is 23.2 Å². The fourth-order valence-corrected chi connectivity index (χ4v) is 3.55. The number of carbonyl (C=O) groups is 1. The Balaban J connectivity index is 2.72. The highest BCUT2D eigenvalue weighted by molar-refractivity contribution is 6.74. The van der Waals surface area contributed by atoms with Crippen molar-refractivity contribution >= 4 is 14.3 Å². The summed E-state index contributed by atoms with van der Waals surface area (Å²) in [5.74, 6) is -0.283. The zero-order valence-electron chi connectivity index (χ0n) is 14.2. The summed E-state index contributed by atoms with van der Waals surface area (Å²) < 4.78 is 11.7. The number of ether oxygens (including phenoxy) is 1. The number of aliphatic hydroxyl groups is 1. The van der Waals surface area contributed by atoms with Crippen LogP contribution in [0.1, 0.15) is 47.0 Å². The van der Waals surface area contributed by atoms with Gasteiger partial charge in [0.15, 0.2) is 8.32 Å². The van der Waals surface area contributed by atoms with Crippen molar-refractivity contribution in [2.75, 3.05) is 0 Å². The maximum atomic E-state index is 11.3. The molecule has 1 rings (SSSR count). The van der Waals surface area contributed by atoms with E-state index in [0.29, 0.717) is 12.8 Å². The molecule has 0 aromatic carbocycles. The van der Waals surface area contributed by atoms with Crippen LogP contribution in [0.15, 0.2) is 12.2 Å². The minimum Gasteiger partial charge on any atom is -0.459 e. The van der Waals surface area contributed by atoms with Crippen LogP contribution < -0.4 is 0 Å². The van der Waals surface area contributed by atoms with Crippen molar-refractivity contribution in [3.63, 3.8) is 0 Å². The Morgan fingerprint density at radius 1 is 1.48 bits per heavy atom. The second kappa shape index (κ2) is 7.07. The van der Waals surface area contributed by atoms with Gasteiger partial charge in [0.05, 0.1) is 12.2 Å². The van der Waals surface area contributed by atoms with E-state index in [4.69, 9.17) is 9.16 Å². The lowest BCUT2D eigenvalue weighted by molar-refractivity contribution is -0.145. The highest BCUT2D eigenvalue weighted by atomic mass is 28.4. The Labute approximate surface area is 129 Å². The van der Waals surface area contributed by atoms with E-state index in [1.54, 1.807) is 6.92 Å². The third kappa shape index (κ3) is 5.92. The Morgan fingerprint density at radius 2 is 2.10 bits per heavy atom. The minimum atomic E-state index is -1.91. The zero-order chi connectivity index (χ0) is 16.3. The average molecular weight is 314 g/mol. The molecule has 0 saturated carbocycles. The molecule has 5 heteroatoms. The van der Waals surface area contributed by atoms with E-state index in [1.165, 1.54) is 6.08 Å². The second-order valence-corrected chi connectivity index (χ2v) is 12.3. The number of cyclic esters (lactones) is 1. The summed E-state index contributed by atoms with van der Waals surface area (Å²) in [5.41, 5.74) is 0. The van der Waals surface area contributed by atoms with Crippen LogP contribution in [0.3, 0.4) is 0 Å². The predicted octanol–water partition coefficient (Wildman–Crippen LogP) is 3.41. The van der Waals surface area contributed by atoms with Crippen molar-refractivity contribution < 1.29 is 19.1 Å². The quantitative estimate of drug-likeness (QED) is 0.603. The van der Waals surface area contributed by atoms with Crippen molar-refractivity contribution in [3.05, 3.63) is 12.2 Å². The molecule has 21 heavy (non-hydrogen) atoms. The van der Waals surface area contributed by atoms with Gasteiger partial charge in [0.2, 0.25) is 0 Å². The molecule has 0 amide bonds. The molecule has 3 atom stereocenters. The van der Waals surface area contributed by atoms with E-state index in [9.17, 15) is 9.90 Å². The number of rotatable bonds is 6. The van der Waals surface area contributed by atoms with Crippen molar-refractivity contribution in [2.24, 2.45) is 0 Å². The summed E-state index contributed by atoms with van der Waals surface area (Å²) in [7, 11) is -1.91. The van der Waals surface area contributed by atoms with Gasteiger partial charge in [0.25, 0.3) is 0 Å². The molecule has 0 unspecified atom stereocenters. The van der Waals surface area contributed by atoms with Crippen LogP contribution in [0.5, 0.6) is 0 Å². The maximum Gasteiger partial charge on any atom is 0.330 e. The third-order valence-electron chi connectivity index (χ3n) is 4.33. The average Bonchev–Trinajstić information content (AvgIpc) is 2.25.